The van der Waals surface area contributed by atoms with Crippen LogP contribution < -0.4 is 5.73 Å². The molecule has 0 radical (unpaired) electrons. The average Bonchev–Trinajstić information content (AvgIpc) is 2.51. The summed E-state index contributed by atoms with van der Waals surface area (Å²) in [5.74, 6) is 0.629. The van der Waals surface area contributed by atoms with E-state index in [0.29, 0.717) is 5.95 Å². The minimum Gasteiger partial charge on any atom is -0.369 e. The van der Waals surface area contributed by atoms with Gasteiger partial charge in [-0.05, 0) is 31.0 Å². The number of anilines is 1. The van der Waals surface area contributed by atoms with Crippen molar-refractivity contribution in [1.82, 2.24) is 9.55 Å². The lowest BCUT2D eigenvalue weighted by Crippen LogP contribution is -2.03. The molecule has 1 heterocycles. The number of aryl methyl sites for hydroxylation is 2. The van der Waals surface area contributed by atoms with Gasteiger partial charge in [0.15, 0.2) is 0 Å². The third kappa shape index (κ3) is 1.82. The van der Waals surface area contributed by atoms with E-state index in [2.05, 4.69) is 35.5 Å². The highest BCUT2D eigenvalue weighted by molar-refractivity contribution is 5.79. The Morgan fingerprint density at radius 3 is 2.93 bits per heavy atom. The van der Waals surface area contributed by atoms with Crippen molar-refractivity contribution in [3.63, 3.8) is 0 Å². The van der Waals surface area contributed by atoms with Gasteiger partial charge in [-0.15, -0.1) is 0 Å². The average molecular weight is 203 g/mol. The Hall–Kier alpha value is -1.51. The molecule has 2 rings (SSSR count). The number of imidazole rings is 1. The van der Waals surface area contributed by atoms with Crippen molar-refractivity contribution < 1.29 is 0 Å². The van der Waals surface area contributed by atoms with Gasteiger partial charge in [0.1, 0.15) is 0 Å². The van der Waals surface area contributed by atoms with Crippen LogP contribution in [0.15, 0.2) is 18.2 Å². The first-order valence-electron chi connectivity index (χ1n) is 5.44. The number of nitrogen functional groups attached to an aromatic ring is 1. The summed E-state index contributed by atoms with van der Waals surface area (Å²) in [5.41, 5.74) is 9.29. The largest absolute Gasteiger partial charge is 0.369 e. The quantitative estimate of drug-likeness (QED) is 0.833. The molecule has 2 aromatic rings. The predicted octanol–water partition coefficient (Wildman–Crippen LogP) is 2.73. The van der Waals surface area contributed by atoms with Crippen LogP contribution >= 0.6 is 0 Å². The van der Waals surface area contributed by atoms with Gasteiger partial charge in [-0.1, -0.05) is 19.4 Å². The Morgan fingerprint density at radius 2 is 2.20 bits per heavy atom. The molecule has 0 bridgehead atoms. The fourth-order valence-electron chi connectivity index (χ4n) is 1.80. The van der Waals surface area contributed by atoms with Gasteiger partial charge in [0.05, 0.1) is 11.0 Å². The molecule has 0 fully saturated rings. The summed E-state index contributed by atoms with van der Waals surface area (Å²) in [6, 6.07) is 6.25. The molecule has 0 spiro atoms. The van der Waals surface area contributed by atoms with Crippen molar-refractivity contribution in [3.8, 4) is 0 Å². The maximum Gasteiger partial charge on any atom is 0.201 e. The first kappa shape index (κ1) is 10.0. The zero-order chi connectivity index (χ0) is 10.8. The van der Waals surface area contributed by atoms with Crippen molar-refractivity contribution in [1.29, 1.82) is 0 Å². The van der Waals surface area contributed by atoms with Crippen LogP contribution in [0, 0.1) is 6.92 Å². The molecular formula is C12H17N3. The first-order chi connectivity index (χ1) is 7.22. The number of fused-ring (bicyclic) bond motifs is 1. The van der Waals surface area contributed by atoms with E-state index in [1.54, 1.807) is 0 Å². The molecule has 0 saturated carbocycles. The van der Waals surface area contributed by atoms with Crippen LogP contribution in [0.5, 0.6) is 0 Å². The fourth-order valence-corrected chi connectivity index (χ4v) is 1.80. The molecule has 1 aromatic carbocycles. The Bertz CT molecular complexity index is 471. The Labute approximate surface area is 89.9 Å². The lowest BCUT2D eigenvalue weighted by atomic mass is 10.2. The second-order valence-electron chi connectivity index (χ2n) is 3.97. The van der Waals surface area contributed by atoms with E-state index in [1.807, 2.05) is 6.07 Å². The van der Waals surface area contributed by atoms with E-state index in [4.69, 9.17) is 5.73 Å². The molecule has 2 N–H and O–H groups in total. The molecule has 0 unspecified atom stereocenters. The lowest BCUT2D eigenvalue weighted by molar-refractivity contribution is 0.653. The van der Waals surface area contributed by atoms with Crippen LogP contribution in [0.3, 0.4) is 0 Å². The lowest BCUT2D eigenvalue weighted by Gasteiger charge is -2.05. The van der Waals surface area contributed by atoms with E-state index in [1.165, 1.54) is 12.0 Å². The molecule has 0 saturated heterocycles. The zero-order valence-corrected chi connectivity index (χ0v) is 9.33. The first-order valence-corrected chi connectivity index (χ1v) is 5.44. The van der Waals surface area contributed by atoms with Gasteiger partial charge in [0, 0.05) is 6.54 Å². The third-order valence-electron chi connectivity index (χ3n) is 2.67. The smallest absolute Gasteiger partial charge is 0.201 e. The summed E-state index contributed by atoms with van der Waals surface area (Å²) in [7, 11) is 0. The summed E-state index contributed by atoms with van der Waals surface area (Å²) in [6.07, 6.45) is 2.31. The van der Waals surface area contributed by atoms with Gasteiger partial charge in [0.2, 0.25) is 5.95 Å². The standard InChI is InChI=1S/C12H17N3/c1-3-4-7-15-11-8-9(2)5-6-10(11)14-12(15)13/h5-6,8H,3-4,7H2,1-2H3,(H2,13,14). The highest BCUT2D eigenvalue weighted by Gasteiger charge is 2.06. The normalized spacial score (nSPS) is 11.1. The van der Waals surface area contributed by atoms with Crippen molar-refractivity contribution in [3.05, 3.63) is 23.8 Å². The van der Waals surface area contributed by atoms with Crippen molar-refractivity contribution in [2.45, 2.75) is 33.2 Å². The number of hydrogen-bond donors (Lipinski definition) is 1. The number of rotatable bonds is 3. The van der Waals surface area contributed by atoms with Crippen LogP contribution in [0.2, 0.25) is 0 Å². The predicted molar refractivity (Wildman–Crippen MR) is 63.8 cm³/mol. The van der Waals surface area contributed by atoms with E-state index in [0.717, 1.165) is 24.0 Å². The van der Waals surface area contributed by atoms with E-state index in [-0.39, 0.29) is 0 Å². The van der Waals surface area contributed by atoms with Crippen molar-refractivity contribution >= 4 is 17.0 Å². The number of benzene rings is 1. The highest BCUT2D eigenvalue weighted by Crippen LogP contribution is 2.19. The number of nitrogens with two attached hydrogens (primary N) is 1. The Balaban J connectivity index is 2.50. The Morgan fingerprint density at radius 1 is 1.40 bits per heavy atom. The van der Waals surface area contributed by atoms with Crippen molar-refractivity contribution in [2.75, 3.05) is 5.73 Å². The van der Waals surface area contributed by atoms with Gasteiger partial charge in [-0.2, -0.15) is 0 Å². The summed E-state index contributed by atoms with van der Waals surface area (Å²) in [5, 5.41) is 0. The van der Waals surface area contributed by atoms with E-state index in [9.17, 15) is 0 Å². The topological polar surface area (TPSA) is 43.8 Å². The molecule has 1 aromatic heterocycles. The molecule has 0 aliphatic heterocycles. The summed E-state index contributed by atoms with van der Waals surface area (Å²) in [4.78, 5) is 4.35. The van der Waals surface area contributed by atoms with Gasteiger partial charge < -0.3 is 10.3 Å². The maximum absolute atomic E-state index is 5.90. The van der Waals surface area contributed by atoms with E-state index < -0.39 is 0 Å². The fraction of sp³-hybridized carbons (Fsp3) is 0.417. The second kappa shape index (κ2) is 3.93. The number of nitrogens with zero attached hydrogens (tertiary/aromatic N) is 2. The van der Waals surface area contributed by atoms with Crippen LogP contribution in [0.4, 0.5) is 5.95 Å². The molecule has 3 nitrogen and oxygen atoms in total. The number of unbranched alkanes of at least 4 members (excludes halogenated alkanes) is 1. The number of aromatic nitrogens is 2. The third-order valence-corrected chi connectivity index (χ3v) is 2.67. The molecule has 80 valence electrons. The van der Waals surface area contributed by atoms with Gasteiger partial charge in [-0.25, -0.2) is 4.98 Å². The summed E-state index contributed by atoms with van der Waals surface area (Å²) in [6.45, 7) is 5.23. The van der Waals surface area contributed by atoms with E-state index >= 15 is 0 Å². The highest BCUT2D eigenvalue weighted by atomic mass is 15.1. The van der Waals surface area contributed by atoms with Crippen LogP contribution in [-0.2, 0) is 6.54 Å². The minimum atomic E-state index is 0.629. The van der Waals surface area contributed by atoms with Crippen LogP contribution in [0.1, 0.15) is 25.3 Å². The monoisotopic (exact) mass is 203 g/mol. The molecule has 15 heavy (non-hydrogen) atoms. The van der Waals surface area contributed by atoms with Gasteiger partial charge >= 0.3 is 0 Å². The molecule has 0 amide bonds. The summed E-state index contributed by atoms with van der Waals surface area (Å²) < 4.78 is 2.10. The summed E-state index contributed by atoms with van der Waals surface area (Å²) >= 11 is 0. The second-order valence-corrected chi connectivity index (χ2v) is 3.97. The zero-order valence-electron chi connectivity index (χ0n) is 9.33. The van der Waals surface area contributed by atoms with Crippen LogP contribution in [-0.4, -0.2) is 9.55 Å². The molecule has 0 aliphatic rings. The molecule has 3 heteroatoms. The van der Waals surface area contributed by atoms with Crippen LogP contribution in [0.25, 0.3) is 11.0 Å². The molecule has 0 aliphatic carbocycles. The maximum atomic E-state index is 5.90. The molecular weight excluding hydrogens is 186 g/mol. The van der Waals surface area contributed by atoms with Gasteiger partial charge in [0.25, 0.3) is 0 Å². The Kier molecular flexibility index (Phi) is 2.62. The van der Waals surface area contributed by atoms with Gasteiger partial charge in [-0.3, -0.25) is 0 Å². The molecule has 0 atom stereocenters. The minimum absolute atomic E-state index is 0.629. The number of hydrogen-bond acceptors (Lipinski definition) is 2. The SMILES string of the molecule is CCCCn1c(N)nc2ccc(C)cc21. The van der Waals surface area contributed by atoms with Crippen molar-refractivity contribution in [2.24, 2.45) is 0 Å².